The SMILES string of the molecule is C=C=NCC(c1ccccc1)c1ccccc1.C=C=NCCc1ccccc1.C=C=NCc1ccc(-c2ccccc2)cc1.C=C=NCc1ccc(Oc2ccccc2)cc1.C=C=NCc1cccc(-c2ccccc2)c1.C=C=Nc1c(C)n(C)n(-c2ccccc2)c1=O.S=C=NCCC1=CCCCC1.S=C=NCc1ccccc1-c1ccccc1.S=C=N[C@@H]1CCCc2ccccc21. The van der Waals surface area contributed by atoms with Gasteiger partial charge in [0, 0.05) is 13.0 Å². The van der Waals surface area contributed by atoms with E-state index >= 15 is 0 Å². The Hall–Kier alpha value is -15.5. The summed E-state index contributed by atoms with van der Waals surface area (Å²) in [6.07, 6.45) is 13.2. The Morgan fingerprint density at radius 3 is 1.43 bits per heavy atom. The normalized spacial score (nSPS) is 11.2. The molecule has 0 N–H and O–H groups in total. The number of aliphatic imine (C=N–C) groups is 9. The molecule has 0 spiro atoms. The minimum atomic E-state index is -0.160. The molecule has 1 aromatic heterocycles. The van der Waals surface area contributed by atoms with Gasteiger partial charge < -0.3 is 4.74 Å². The van der Waals surface area contributed by atoms with E-state index in [1.165, 1.54) is 116 Å². The molecule has 0 bridgehead atoms. The molecular weight excluding hydrogens is 1700 g/mol. The van der Waals surface area contributed by atoms with E-state index in [0.29, 0.717) is 38.4 Å². The number of fused-ring (bicyclic) bond motifs is 1. The minimum absolute atomic E-state index is 0.160. The Kier molecular flexibility index (Phi) is 49.2. The average Bonchev–Trinajstić information content (AvgIpc) is 1.64. The van der Waals surface area contributed by atoms with Crippen LogP contribution >= 0.6 is 36.7 Å². The summed E-state index contributed by atoms with van der Waals surface area (Å²) < 4.78 is 9.03. The van der Waals surface area contributed by atoms with E-state index < -0.39 is 0 Å². The van der Waals surface area contributed by atoms with Crippen LogP contribution in [0.4, 0.5) is 5.69 Å². The van der Waals surface area contributed by atoms with Gasteiger partial charge in [-0.2, -0.15) is 4.99 Å². The summed E-state index contributed by atoms with van der Waals surface area (Å²) in [4.78, 5) is 48.2. The number of nitrogens with zero attached hydrogens (tertiary/aromatic N) is 11. The van der Waals surface area contributed by atoms with E-state index in [2.05, 4.69) is 360 Å². The quantitative estimate of drug-likeness (QED) is 0.0301. The van der Waals surface area contributed by atoms with Crippen LogP contribution in [0.5, 0.6) is 11.5 Å². The van der Waals surface area contributed by atoms with Crippen LogP contribution in [0.2, 0.25) is 0 Å². The number of hydrogen-bond donors (Lipinski definition) is 0. The van der Waals surface area contributed by atoms with Crippen LogP contribution in [0.25, 0.3) is 39.1 Å². The maximum atomic E-state index is 12.2. The lowest BCUT2D eigenvalue weighted by molar-refractivity contribution is 0.482. The number of benzene rings is 13. The van der Waals surface area contributed by atoms with Crippen molar-refractivity contribution in [3.63, 3.8) is 0 Å². The van der Waals surface area contributed by atoms with Gasteiger partial charge in [0.25, 0.3) is 5.56 Å². The molecule has 16 rings (SSSR count). The molecule has 0 saturated carbocycles. The lowest BCUT2D eigenvalue weighted by Crippen LogP contribution is -2.19. The summed E-state index contributed by atoms with van der Waals surface area (Å²) in [5, 5.41) is 7.28. The molecule has 13 nitrogen and oxygen atoms in total. The molecule has 670 valence electrons. The molecule has 0 saturated heterocycles. The van der Waals surface area contributed by atoms with Gasteiger partial charge in [-0.15, -0.1) is 0 Å². The number of thiocarbonyl (C=S) groups is 3. The van der Waals surface area contributed by atoms with Crippen molar-refractivity contribution in [1.29, 1.82) is 0 Å². The number of allylic oxidation sites excluding steroid dienone is 1. The maximum Gasteiger partial charge on any atom is 0.298 e. The van der Waals surface area contributed by atoms with E-state index in [1.807, 2.05) is 196 Å². The van der Waals surface area contributed by atoms with Crippen molar-refractivity contribution in [1.82, 2.24) is 9.36 Å². The van der Waals surface area contributed by atoms with Gasteiger partial charge in [-0.3, -0.25) is 9.48 Å². The fraction of sp³-hybridized carbons (Fsp3) is 0.169. The van der Waals surface area contributed by atoms with Crippen LogP contribution in [-0.2, 0) is 46.1 Å². The van der Waals surface area contributed by atoms with Crippen LogP contribution in [0.1, 0.15) is 113 Å². The lowest BCUT2D eigenvalue weighted by Gasteiger charge is -2.20. The summed E-state index contributed by atoms with van der Waals surface area (Å²) in [6.45, 7) is 27.3. The summed E-state index contributed by atoms with van der Waals surface area (Å²) in [6, 6.07) is 123. The fourth-order valence-corrected chi connectivity index (χ4v) is 14.5. The summed E-state index contributed by atoms with van der Waals surface area (Å²) in [7, 11) is 1.83. The van der Waals surface area contributed by atoms with Crippen LogP contribution in [0.3, 0.4) is 0 Å². The zero-order valence-corrected chi connectivity index (χ0v) is 78.8. The van der Waals surface area contributed by atoms with Crippen LogP contribution < -0.4 is 10.3 Å². The number of aromatic nitrogens is 2. The Bertz CT molecular complexity index is 6370. The highest BCUT2D eigenvalue weighted by Gasteiger charge is 2.19. The Labute approximate surface area is 807 Å². The van der Waals surface area contributed by atoms with E-state index in [4.69, 9.17) is 4.74 Å². The fourth-order valence-electron chi connectivity index (χ4n) is 14.2. The standard InChI is InChI=1S/C16H15N.C15H13NO.2C15H13N.C14H11NS.C13H13N3O.C11H11NS.C10H11N.C9H13NS/c1-2-17-13-16(14-9-5-3-6-10-14)15-11-7-4-8-12-15;1-2-16-12-13-8-10-15(11-9-13)17-14-6-4-3-5-7-14;1-2-16-12-13-7-6-10-15(11-13)14-8-4-3-5-9-14;1-2-16-12-13-8-10-15(11-9-13)14-6-4-3-5-7-14;16-11-15-10-13-8-4-5-9-14(13)12-6-2-1-3-7-12;1-4-14-12-10(2)15(3)16(13(12)17)11-8-6-5-7-9-11;13-8-12-11-7-3-5-9-4-1-2-6-10(9)11;1-2-11-9-8-10-6-4-3-5-7-10;11-8-10-7-6-9-4-2-1-3-5-9/h3-12,16H,1,13H2;3-11H,1,12H2;2*3-11H,1,12H2;1-9H,10H2;5-9H,1H2,2-3H3;1-2,4,6,11H,3,5,7H2;3-7H,1,8-9H2;4H,1-3,5-7H2/t;;;;;;11-;;/m......1../s1. The highest BCUT2D eigenvalue weighted by atomic mass is 32.1. The third-order valence-corrected chi connectivity index (χ3v) is 21.4. The van der Waals surface area contributed by atoms with Gasteiger partial charge >= 0.3 is 0 Å². The molecule has 0 radical (unpaired) electrons. The molecule has 1 heterocycles. The maximum absolute atomic E-state index is 12.2. The zero-order valence-electron chi connectivity index (χ0n) is 76.4. The van der Waals surface area contributed by atoms with E-state index in [0.717, 1.165) is 60.8 Å². The monoisotopic (exact) mass is 1810 g/mol. The topological polar surface area (TPSA) is 147 Å². The predicted molar refractivity (Wildman–Crippen MR) is 575 cm³/mol. The van der Waals surface area contributed by atoms with Crippen LogP contribution in [0, 0.1) is 6.92 Å². The second-order valence-corrected chi connectivity index (χ2v) is 30.6. The third kappa shape index (κ3) is 37.9. The van der Waals surface area contributed by atoms with Gasteiger partial charge in [-0.25, -0.2) is 44.6 Å². The van der Waals surface area contributed by atoms with Crippen molar-refractivity contribution in [3.8, 4) is 50.6 Å². The number of aryl methyl sites for hydroxylation is 1. The molecule has 13 aromatic carbocycles. The summed E-state index contributed by atoms with van der Waals surface area (Å²) >= 11 is 13.7. The van der Waals surface area contributed by atoms with Gasteiger partial charge in [0.05, 0.1) is 78.7 Å². The molecule has 14 aromatic rings. The predicted octanol–water partition coefficient (Wildman–Crippen LogP) is 29.1. The van der Waals surface area contributed by atoms with Crippen molar-refractivity contribution in [3.05, 3.63) is 481 Å². The largest absolute Gasteiger partial charge is 0.457 e. The molecule has 2 aliphatic carbocycles. The zero-order chi connectivity index (χ0) is 94.9. The highest BCUT2D eigenvalue weighted by Crippen LogP contribution is 2.33. The first-order chi connectivity index (χ1) is 66.0. The first-order valence-electron chi connectivity index (χ1n) is 44.2. The molecule has 0 amide bonds. The first-order valence-corrected chi connectivity index (χ1v) is 45.5. The summed E-state index contributed by atoms with van der Waals surface area (Å²) in [5.41, 5.74) is 22.0. The minimum Gasteiger partial charge on any atom is -0.457 e. The number of para-hydroxylation sites is 2. The van der Waals surface area contributed by atoms with Crippen molar-refractivity contribution < 1.29 is 4.74 Å². The smallest absolute Gasteiger partial charge is 0.298 e. The van der Waals surface area contributed by atoms with E-state index in [-0.39, 0.29) is 17.5 Å². The van der Waals surface area contributed by atoms with Crippen molar-refractivity contribution in [2.75, 3.05) is 19.6 Å². The van der Waals surface area contributed by atoms with Gasteiger partial charge in [-0.1, -0.05) is 333 Å². The van der Waals surface area contributed by atoms with Crippen molar-refractivity contribution in [2.24, 2.45) is 52.0 Å². The Morgan fingerprint density at radius 2 is 0.873 bits per heavy atom. The van der Waals surface area contributed by atoms with E-state index in [9.17, 15) is 4.79 Å². The highest BCUT2D eigenvalue weighted by molar-refractivity contribution is 7.78. The average molecular weight is 1810 g/mol. The van der Waals surface area contributed by atoms with Crippen molar-refractivity contribution in [2.45, 2.75) is 103 Å². The van der Waals surface area contributed by atoms with Gasteiger partial charge in [0.15, 0.2) is 5.69 Å². The molecule has 2 aliphatic rings. The molecule has 16 heteroatoms. The van der Waals surface area contributed by atoms with E-state index in [1.54, 1.807) is 14.9 Å². The van der Waals surface area contributed by atoms with Gasteiger partial charge in [0.1, 0.15) is 11.5 Å². The lowest BCUT2D eigenvalue weighted by atomic mass is 9.88. The van der Waals surface area contributed by atoms with Gasteiger partial charge in [-0.05, 0) is 302 Å². The summed E-state index contributed by atoms with van der Waals surface area (Å²) in [5.74, 6) is 17.1. The molecule has 0 unspecified atom stereocenters. The Balaban J connectivity index is 0.000000186. The molecule has 134 heavy (non-hydrogen) atoms. The molecule has 0 aliphatic heterocycles. The van der Waals surface area contributed by atoms with Gasteiger partial charge in [0.2, 0.25) is 0 Å². The number of ether oxygens (including phenoxy) is 1. The number of isothiocyanates is 3. The second kappa shape index (κ2) is 63.5. The Morgan fingerprint density at radius 1 is 0.403 bits per heavy atom. The van der Waals surface area contributed by atoms with Crippen LogP contribution in [0.15, 0.2) is 465 Å². The number of hydrogen-bond acceptors (Lipinski definition) is 14. The molecule has 1 atom stereocenters. The molecular formula is C118H113N11O2S3. The van der Waals surface area contributed by atoms with Crippen molar-refractivity contribution >= 4 is 93.0 Å². The first kappa shape index (κ1) is 104. The second-order valence-electron chi connectivity index (χ2n) is 30.0. The number of rotatable bonds is 26. The third-order valence-electron chi connectivity index (χ3n) is 21.0. The molecule has 0 fully saturated rings. The van der Waals surface area contributed by atoms with Crippen LogP contribution in [-0.4, -0.2) is 79.7 Å².